The molecule has 1 rings (SSSR count). The zero-order valence-electron chi connectivity index (χ0n) is 12.1. The predicted octanol–water partition coefficient (Wildman–Crippen LogP) is 2.81. The smallest absolute Gasteiger partial charge is 0.0832 e. The van der Waals surface area contributed by atoms with Crippen LogP contribution in [0.2, 0.25) is 0 Å². The average molecular weight is 250 g/mol. The summed E-state index contributed by atoms with van der Waals surface area (Å²) >= 11 is 0. The standard InChI is InChI=1S/C15H26N2O/c1-5-15(6-2,18-7-3)14(16-4)12-13-8-10-17-11-9-13/h8-11,14,16H,5-7,12H2,1-4H3. The van der Waals surface area contributed by atoms with Crippen molar-refractivity contribution in [1.29, 1.82) is 0 Å². The minimum Gasteiger partial charge on any atom is -0.374 e. The first-order chi connectivity index (χ1) is 8.72. The van der Waals surface area contributed by atoms with Gasteiger partial charge >= 0.3 is 0 Å². The second kappa shape index (κ2) is 7.49. The van der Waals surface area contributed by atoms with Gasteiger partial charge in [-0.15, -0.1) is 0 Å². The largest absolute Gasteiger partial charge is 0.374 e. The maximum Gasteiger partial charge on any atom is 0.0832 e. The van der Waals surface area contributed by atoms with E-state index in [1.54, 1.807) is 0 Å². The fraction of sp³-hybridized carbons (Fsp3) is 0.667. The molecule has 1 aromatic heterocycles. The van der Waals surface area contributed by atoms with Gasteiger partial charge in [0.05, 0.1) is 5.60 Å². The van der Waals surface area contributed by atoms with Crippen molar-refractivity contribution < 1.29 is 4.74 Å². The van der Waals surface area contributed by atoms with E-state index < -0.39 is 0 Å². The molecular formula is C15H26N2O. The molecule has 1 heterocycles. The Bertz CT molecular complexity index is 323. The Morgan fingerprint density at radius 2 is 1.83 bits per heavy atom. The van der Waals surface area contributed by atoms with E-state index in [0.717, 1.165) is 25.9 Å². The Kier molecular flexibility index (Phi) is 6.30. The van der Waals surface area contributed by atoms with Crippen molar-refractivity contribution in [2.75, 3.05) is 13.7 Å². The number of rotatable bonds is 8. The molecule has 1 atom stereocenters. The predicted molar refractivity (Wildman–Crippen MR) is 75.7 cm³/mol. The maximum absolute atomic E-state index is 6.08. The monoisotopic (exact) mass is 250 g/mol. The number of pyridine rings is 1. The summed E-state index contributed by atoms with van der Waals surface area (Å²) in [6.45, 7) is 7.24. The summed E-state index contributed by atoms with van der Waals surface area (Å²) in [5, 5.41) is 3.43. The Morgan fingerprint density at radius 3 is 2.28 bits per heavy atom. The van der Waals surface area contributed by atoms with Gasteiger partial charge in [0.15, 0.2) is 0 Å². The van der Waals surface area contributed by atoms with Crippen LogP contribution in [0.3, 0.4) is 0 Å². The number of nitrogens with zero attached hydrogens (tertiary/aromatic N) is 1. The highest BCUT2D eigenvalue weighted by atomic mass is 16.5. The molecule has 1 N–H and O–H groups in total. The van der Waals surface area contributed by atoms with Crippen molar-refractivity contribution in [3.8, 4) is 0 Å². The lowest BCUT2D eigenvalue weighted by atomic mass is 9.84. The molecule has 0 spiro atoms. The van der Waals surface area contributed by atoms with E-state index >= 15 is 0 Å². The van der Waals surface area contributed by atoms with Gasteiger partial charge in [-0.3, -0.25) is 4.98 Å². The lowest BCUT2D eigenvalue weighted by Crippen LogP contribution is -2.52. The fourth-order valence-corrected chi connectivity index (χ4v) is 2.64. The Morgan fingerprint density at radius 1 is 1.22 bits per heavy atom. The third-order valence-electron chi connectivity index (χ3n) is 3.80. The third kappa shape index (κ3) is 3.53. The number of hydrogen-bond acceptors (Lipinski definition) is 3. The summed E-state index contributed by atoms with van der Waals surface area (Å²) in [5.41, 5.74) is 1.22. The molecular weight excluding hydrogens is 224 g/mol. The van der Waals surface area contributed by atoms with E-state index in [2.05, 4.69) is 43.2 Å². The number of aromatic nitrogens is 1. The second-order valence-electron chi connectivity index (χ2n) is 4.61. The van der Waals surface area contributed by atoms with Gasteiger partial charge in [0.1, 0.15) is 0 Å². The first-order valence-corrected chi connectivity index (χ1v) is 6.92. The Hall–Kier alpha value is -0.930. The van der Waals surface area contributed by atoms with Gasteiger partial charge in [-0.1, -0.05) is 13.8 Å². The van der Waals surface area contributed by atoms with Crippen LogP contribution < -0.4 is 5.32 Å². The van der Waals surface area contributed by atoms with Crippen molar-refractivity contribution >= 4 is 0 Å². The molecule has 0 amide bonds. The molecule has 0 bridgehead atoms. The second-order valence-corrected chi connectivity index (χ2v) is 4.61. The highest BCUT2D eigenvalue weighted by Gasteiger charge is 2.35. The van der Waals surface area contributed by atoms with E-state index in [4.69, 9.17) is 4.74 Å². The van der Waals surface area contributed by atoms with Crippen LogP contribution in [0.1, 0.15) is 39.2 Å². The van der Waals surface area contributed by atoms with Crippen LogP contribution in [-0.4, -0.2) is 30.3 Å². The van der Waals surface area contributed by atoms with Gasteiger partial charge in [0, 0.05) is 25.0 Å². The number of likely N-dealkylation sites (N-methyl/N-ethyl adjacent to an activating group) is 1. The van der Waals surface area contributed by atoms with Crippen LogP contribution in [0.5, 0.6) is 0 Å². The molecule has 1 aromatic rings. The molecule has 0 radical (unpaired) electrons. The molecule has 18 heavy (non-hydrogen) atoms. The zero-order chi connectivity index (χ0) is 13.4. The summed E-state index contributed by atoms with van der Waals surface area (Å²) < 4.78 is 6.08. The molecule has 0 aliphatic carbocycles. The summed E-state index contributed by atoms with van der Waals surface area (Å²) in [6.07, 6.45) is 6.72. The van der Waals surface area contributed by atoms with Crippen molar-refractivity contribution in [3.05, 3.63) is 30.1 Å². The highest BCUT2D eigenvalue weighted by molar-refractivity contribution is 5.13. The van der Waals surface area contributed by atoms with Crippen LogP contribution in [0.4, 0.5) is 0 Å². The van der Waals surface area contributed by atoms with Gasteiger partial charge in [-0.2, -0.15) is 0 Å². The number of nitrogens with one attached hydrogen (secondary N) is 1. The van der Waals surface area contributed by atoms with Crippen LogP contribution >= 0.6 is 0 Å². The normalized spacial score (nSPS) is 13.6. The van der Waals surface area contributed by atoms with E-state index in [-0.39, 0.29) is 5.60 Å². The highest BCUT2D eigenvalue weighted by Crippen LogP contribution is 2.27. The average Bonchev–Trinajstić information content (AvgIpc) is 2.44. The lowest BCUT2D eigenvalue weighted by molar-refractivity contribution is -0.0703. The molecule has 0 saturated carbocycles. The van der Waals surface area contributed by atoms with E-state index in [1.807, 2.05) is 19.4 Å². The van der Waals surface area contributed by atoms with E-state index in [1.165, 1.54) is 5.56 Å². The van der Waals surface area contributed by atoms with Gasteiger partial charge in [-0.25, -0.2) is 0 Å². The molecule has 0 aliphatic rings. The quantitative estimate of drug-likeness (QED) is 0.770. The molecule has 102 valence electrons. The Labute approximate surface area is 111 Å². The third-order valence-corrected chi connectivity index (χ3v) is 3.80. The first kappa shape index (κ1) is 15.1. The van der Waals surface area contributed by atoms with E-state index in [9.17, 15) is 0 Å². The Balaban J connectivity index is 2.85. The topological polar surface area (TPSA) is 34.1 Å². The van der Waals surface area contributed by atoms with Crippen LogP contribution in [0, 0.1) is 0 Å². The molecule has 3 heteroatoms. The SMILES string of the molecule is CCOC(CC)(CC)C(Cc1ccncc1)NC. The number of hydrogen-bond donors (Lipinski definition) is 1. The molecule has 1 unspecified atom stereocenters. The molecule has 0 saturated heterocycles. The van der Waals surface area contributed by atoms with Gasteiger partial charge < -0.3 is 10.1 Å². The fourth-order valence-electron chi connectivity index (χ4n) is 2.64. The summed E-state index contributed by atoms with van der Waals surface area (Å²) in [4.78, 5) is 4.07. The van der Waals surface area contributed by atoms with Crippen LogP contribution in [0.25, 0.3) is 0 Å². The van der Waals surface area contributed by atoms with Crippen LogP contribution in [-0.2, 0) is 11.2 Å². The van der Waals surface area contributed by atoms with Crippen molar-refractivity contribution in [2.45, 2.75) is 51.7 Å². The molecule has 0 fully saturated rings. The summed E-state index contributed by atoms with van der Waals surface area (Å²) in [7, 11) is 2.02. The molecule has 0 aliphatic heterocycles. The van der Waals surface area contributed by atoms with Gasteiger partial charge in [-0.05, 0) is 50.9 Å². The van der Waals surface area contributed by atoms with Crippen molar-refractivity contribution in [3.63, 3.8) is 0 Å². The first-order valence-electron chi connectivity index (χ1n) is 6.92. The van der Waals surface area contributed by atoms with E-state index in [0.29, 0.717) is 6.04 Å². The number of ether oxygens (including phenoxy) is 1. The minimum absolute atomic E-state index is 0.0766. The maximum atomic E-state index is 6.08. The van der Waals surface area contributed by atoms with Gasteiger partial charge in [0.2, 0.25) is 0 Å². The van der Waals surface area contributed by atoms with Crippen LogP contribution in [0.15, 0.2) is 24.5 Å². The molecule has 3 nitrogen and oxygen atoms in total. The van der Waals surface area contributed by atoms with Crippen molar-refractivity contribution in [2.24, 2.45) is 0 Å². The van der Waals surface area contributed by atoms with Gasteiger partial charge in [0.25, 0.3) is 0 Å². The minimum atomic E-state index is -0.0766. The van der Waals surface area contributed by atoms with Crippen molar-refractivity contribution in [1.82, 2.24) is 10.3 Å². The molecule has 0 aromatic carbocycles. The summed E-state index contributed by atoms with van der Waals surface area (Å²) in [5.74, 6) is 0. The summed E-state index contributed by atoms with van der Waals surface area (Å²) in [6, 6.07) is 4.48. The lowest BCUT2D eigenvalue weighted by Gasteiger charge is -2.39. The zero-order valence-corrected chi connectivity index (χ0v) is 12.1.